The van der Waals surface area contributed by atoms with E-state index in [1.807, 2.05) is 0 Å². The molecule has 0 aromatic rings. The Morgan fingerprint density at radius 1 is 1.25 bits per heavy atom. The summed E-state index contributed by atoms with van der Waals surface area (Å²) in [4.78, 5) is 22.3. The number of ether oxygens (including phenoxy) is 4. The summed E-state index contributed by atoms with van der Waals surface area (Å²) in [5, 5.41) is 17.7. The molecule has 138 valence electrons. The number of aliphatic hydroxyl groups is 1. The third-order valence-corrected chi connectivity index (χ3v) is 3.60. The van der Waals surface area contributed by atoms with E-state index >= 15 is 0 Å². The van der Waals surface area contributed by atoms with Crippen LogP contribution in [-0.4, -0.2) is 64.4 Å². The molecule has 1 heterocycles. The summed E-state index contributed by atoms with van der Waals surface area (Å²) in [6.07, 6.45) is -3.88. The first-order valence-electron chi connectivity index (χ1n) is 6.95. The van der Waals surface area contributed by atoms with Gasteiger partial charge in [-0.15, -0.1) is 0 Å². The molecule has 4 atom stereocenters. The van der Waals surface area contributed by atoms with Gasteiger partial charge in [0.1, 0.15) is 6.10 Å². The quantitative estimate of drug-likeness (QED) is 0.306. The molecule has 11 heteroatoms. The maximum Gasteiger partial charge on any atom is 0.303 e. The van der Waals surface area contributed by atoms with E-state index < -0.39 is 46.0 Å². The normalized spacial score (nSPS) is 27.2. The standard InChI is InChI=1S/C13H18Cl3NO7/c1-6(18)23-9-5-22-8(10(20)11(9)24-7(2)19)3-4-21-12(17)13(14,15)16/h8-11,17,20H,3-5H2,1-2H3/t8?,9-,10?,11?/m0/s1. The van der Waals surface area contributed by atoms with Gasteiger partial charge in [-0.25, -0.2) is 0 Å². The second-order valence-electron chi connectivity index (χ2n) is 5.05. The van der Waals surface area contributed by atoms with E-state index in [9.17, 15) is 14.7 Å². The predicted octanol–water partition coefficient (Wildman–Crippen LogP) is 1.36. The first kappa shape index (κ1) is 21.2. The van der Waals surface area contributed by atoms with Crippen molar-refractivity contribution in [3.05, 3.63) is 0 Å². The molecule has 1 rings (SSSR count). The molecule has 0 aromatic heterocycles. The molecule has 1 aliphatic heterocycles. The smallest absolute Gasteiger partial charge is 0.303 e. The van der Waals surface area contributed by atoms with E-state index in [4.69, 9.17) is 59.2 Å². The van der Waals surface area contributed by atoms with Crippen LogP contribution in [0.4, 0.5) is 0 Å². The molecule has 0 radical (unpaired) electrons. The highest BCUT2D eigenvalue weighted by Crippen LogP contribution is 2.28. The Morgan fingerprint density at radius 2 is 1.83 bits per heavy atom. The highest BCUT2D eigenvalue weighted by atomic mass is 35.6. The predicted molar refractivity (Wildman–Crippen MR) is 85.4 cm³/mol. The van der Waals surface area contributed by atoms with Crippen LogP contribution in [0.5, 0.6) is 0 Å². The van der Waals surface area contributed by atoms with Crippen molar-refractivity contribution < 1.29 is 33.6 Å². The average molecular weight is 407 g/mol. The summed E-state index contributed by atoms with van der Waals surface area (Å²) in [6, 6.07) is 0. The first-order valence-corrected chi connectivity index (χ1v) is 8.08. The number of hydrogen-bond donors (Lipinski definition) is 2. The van der Waals surface area contributed by atoms with Gasteiger partial charge in [-0.1, -0.05) is 34.8 Å². The van der Waals surface area contributed by atoms with Crippen LogP contribution in [-0.2, 0) is 28.5 Å². The van der Waals surface area contributed by atoms with Gasteiger partial charge in [0.2, 0.25) is 5.90 Å². The van der Waals surface area contributed by atoms with Crippen LogP contribution in [0.1, 0.15) is 20.3 Å². The average Bonchev–Trinajstić information content (AvgIpc) is 2.43. The van der Waals surface area contributed by atoms with Gasteiger partial charge < -0.3 is 24.1 Å². The number of halogens is 3. The third kappa shape index (κ3) is 6.60. The van der Waals surface area contributed by atoms with Crippen LogP contribution in [0.3, 0.4) is 0 Å². The molecule has 2 N–H and O–H groups in total. The van der Waals surface area contributed by atoms with E-state index in [1.165, 1.54) is 13.8 Å². The maximum absolute atomic E-state index is 11.2. The van der Waals surface area contributed by atoms with Crippen LogP contribution in [0.25, 0.3) is 0 Å². The summed E-state index contributed by atoms with van der Waals surface area (Å²) in [7, 11) is 0. The largest absolute Gasteiger partial charge is 0.478 e. The van der Waals surface area contributed by atoms with Crippen molar-refractivity contribution in [3.63, 3.8) is 0 Å². The summed E-state index contributed by atoms with van der Waals surface area (Å²) in [5.74, 6) is -1.79. The Morgan fingerprint density at radius 3 is 2.33 bits per heavy atom. The molecule has 0 saturated carbocycles. The Labute approximate surface area is 153 Å². The van der Waals surface area contributed by atoms with E-state index in [0.717, 1.165) is 0 Å². The minimum Gasteiger partial charge on any atom is -0.478 e. The van der Waals surface area contributed by atoms with Crippen LogP contribution in [0, 0.1) is 5.41 Å². The van der Waals surface area contributed by atoms with Crippen molar-refractivity contribution in [2.24, 2.45) is 0 Å². The molecule has 1 aliphatic rings. The molecule has 0 amide bonds. The van der Waals surface area contributed by atoms with E-state index in [0.29, 0.717) is 0 Å². The number of aliphatic hydroxyl groups excluding tert-OH is 1. The van der Waals surface area contributed by atoms with Gasteiger partial charge >= 0.3 is 11.9 Å². The van der Waals surface area contributed by atoms with Gasteiger partial charge in [-0.2, -0.15) is 0 Å². The molecule has 0 aliphatic carbocycles. The number of alkyl halides is 3. The van der Waals surface area contributed by atoms with Crippen molar-refractivity contribution in [1.82, 2.24) is 0 Å². The van der Waals surface area contributed by atoms with E-state index in [1.54, 1.807) is 0 Å². The molecule has 8 nitrogen and oxygen atoms in total. The fraction of sp³-hybridized carbons (Fsp3) is 0.769. The van der Waals surface area contributed by atoms with Gasteiger partial charge in [-0.05, 0) is 0 Å². The third-order valence-electron chi connectivity index (χ3n) is 3.08. The van der Waals surface area contributed by atoms with Crippen LogP contribution in [0.15, 0.2) is 0 Å². The van der Waals surface area contributed by atoms with Gasteiger partial charge in [-0.3, -0.25) is 15.0 Å². The number of esters is 2. The number of rotatable bonds is 5. The van der Waals surface area contributed by atoms with Crippen molar-refractivity contribution in [1.29, 1.82) is 5.41 Å². The van der Waals surface area contributed by atoms with Gasteiger partial charge in [0.05, 0.1) is 19.3 Å². The van der Waals surface area contributed by atoms with Crippen LogP contribution < -0.4 is 0 Å². The monoisotopic (exact) mass is 405 g/mol. The lowest BCUT2D eigenvalue weighted by Gasteiger charge is -2.38. The lowest BCUT2D eigenvalue weighted by Crippen LogP contribution is -2.56. The minimum absolute atomic E-state index is 0.0683. The molecule has 24 heavy (non-hydrogen) atoms. The zero-order valence-corrected chi connectivity index (χ0v) is 15.2. The molecular weight excluding hydrogens is 389 g/mol. The second-order valence-corrected chi connectivity index (χ2v) is 7.33. The fourth-order valence-corrected chi connectivity index (χ4v) is 2.27. The molecule has 0 aromatic carbocycles. The van der Waals surface area contributed by atoms with Crippen molar-refractivity contribution in [3.8, 4) is 0 Å². The zero-order chi connectivity index (χ0) is 18.5. The lowest BCUT2D eigenvalue weighted by atomic mass is 9.97. The SMILES string of the molecule is CC(=O)OC1C(O)C(CCOC(=N)C(Cl)(Cl)Cl)OC[C@@H]1OC(C)=O. The minimum atomic E-state index is -1.98. The molecule has 1 saturated heterocycles. The highest BCUT2D eigenvalue weighted by Gasteiger charge is 2.43. The lowest BCUT2D eigenvalue weighted by molar-refractivity contribution is -0.218. The second kappa shape index (κ2) is 9.05. The summed E-state index contributed by atoms with van der Waals surface area (Å²) in [5.41, 5.74) is 0. The topological polar surface area (TPSA) is 115 Å². The molecule has 1 fully saturated rings. The molecule has 3 unspecified atom stereocenters. The van der Waals surface area contributed by atoms with Crippen molar-refractivity contribution >= 4 is 52.6 Å². The maximum atomic E-state index is 11.2. The first-order chi connectivity index (χ1) is 11.0. The highest BCUT2D eigenvalue weighted by molar-refractivity contribution is 6.76. The Balaban J connectivity index is 2.63. The number of nitrogens with one attached hydrogen (secondary N) is 1. The van der Waals surface area contributed by atoms with Crippen LogP contribution >= 0.6 is 34.8 Å². The summed E-state index contributed by atoms with van der Waals surface area (Å²) >= 11 is 16.4. The number of hydrogen-bond acceptors (Lipinski definition) is 8. The van der Waals surface area contributed by atoms with Crippen LogP contribution in [0.2, 0.25) is 0 Å². The molecular formula is C13H18Cl3NO7. The molecule has 0 bridgehead atoms. The Hall–Kier alpha value is -0.800. The van der Waals surface area contributed by atoms with Crippen molar-refractivity contribution in [2.45, 2.75) is 48.5 Å². The summed E-state index contributed by atoms with van der Waals surface area (Å²) in [6.45, 7) is 2.23. The number of carbonyl (C=O) groups is 2. The van der Waals surface area contributed by atoms with E-state index in [-0.39, 0.29) is 19.6 Å². The zero-order valence-electron chi connectivity index (χ0n) is 13.0. The Bertz CT molecular complexity index is 483. The van der Waals surface area contributed by atoms with Gasteiger partial charge in [0.15, 0.2) is 12.2 Å². The van der Waals surface area contributed by atoms with Gasteiger partial charge in [0.25, 0.3) is 3.79 Å². The molecule has 0 spiro atoms. The Kier molecular flexibility index (Phi) is 8.01. The fourth-order valence-electron chi connectivity index (χ4n) is 2.11. The van der Waals surface area contributed by atoms with E-state index in [2.05, 4.69) is 0 Å². The van der Waals surface area contributed by atoms with Gasteiger partial charge in [0, 0.05) is 20.3 Å². The summed E-state index contributed by atoms with van der Waals surface area (Å²) < 4.78 is 18.4. The van der Waals surface area contributed by atoms with Crippen molar-refractivity contribution in [2.75, 3.05) is 13.2 Å². The number of carbonyl (C=O) groups excluding carboxylic acids is 2.